The first kappa shape index (κ1) is 18.8. The predicted molar refractivity (Wildman–Crippen MR) is 103 cm³/mol. The van der Waals surface area contributed by atoms with Crippen molar-refractivity contribution in [2.45, 2.75) is 0 Å². The average Bonchev–Trinajstić information content (AvgIpc) is 2.69. The maximum absolute atomic E-state index is 13.2. The highest BCUT2D eigenvalue weighted by molar-refractivity contribution is 7.91. The molecule has 0 aromatic heterocycles. The van der Waals surface area contributed by atoms with E-state index in [1.165, 1.54) is 21.3 Å². The maximum atomic E-state index is 13.2. The van der Waals surface area contributed by atoms with Crippen molar-refractivity contribution in [2.75, 3.05) is 21.3 Å². The molecule has 0 saturated heterocycles. The van der Waals surface area contributed by atoms with Gasteiger partial charge < -0.3 is 13.6 Å². The molecule has 0 radical (unpaired) electrons. The van der Waals surface area contributed by atoms with Crippen LogP contribution in [0.1, 0.15) is 0 Å². The molecule has 1 N–H and O–H groups in total. The van der Waals surface area contributed by atoms with Crippen molar-refractivity contribution in [2.24, 2.45) is 9.03 Å². The summed E-state index contributed by atoms with van der Waals surface area (Å²) in [6.07, 6.45) is 0. The summed E-state index contributed by atoms with van der Waals surface area (Å²) in [4.78, 5) is 2.78. The third-order valence-corrected chi connectivity index (χ3v) is 13.2. The third kappa shape index (κ3) is 3.47. The molecule has 1 unspecified atom stereocenters. The van der Waals surface area contributed by atoms with Gasteiger partial charge in [-0.2, -0.15) is 9.03 Å². The Morgan fingerprint density at radius 1 is 0.760 bits per heavy atom. The molecule has 3 rings (SSSR count). The van der Waals surface area contributed by atoms with E-state index in [9.17, 15) is 4.57 Å². The van der Waals surface area contributed by atoms with Crippen LogP contribution in [-0.4, -0.2) is 21.3 Å². The molecule has 1 aliphatic heterocycles. The lowest BCUT2D eigenvalue weighted by atomic mass is 10.4. The van der Waals surface area contributed by atoms with E-state index in [0.717, 1.165) is 10.6 Å². The molecular formula is C15H20N3O4P3. The monoisotopic (exact) mass is 399 g/mol. The van der Waals surface area contributed by atoms with E-state index in [1.54, 1.807) is 0 Å². The highest BCUT2D eigenvalue weighted by Gasteiger charge is 2.43. The van der Waals surface area contributed by atoms with Gasteiger partial charge in [0, 0.05) is 31.9 Å². The van der Waals surface area contributed by atoms with Gasteiger partial charge >= 0.3 is 15.3 Å². The lowest BCUT2D eigenvalue weighted by molar-refractivity contribution is 0.318. The number of nitrogens with one attached hydrogen (secondary N) is 1. The number of nitrogens with zero attached hydrogens (tertiary/aromatic N) is 2. The fourth-order valence-electron chi connectivity index (χ4n) is 2.49. The summed E-state index contributed by atoms with van der Waals surface area (Å²) in [7, 11) is -5.05. The van der Waals surface area contributed by atoms with Gasteiger partial charge in [-0.15, -0.1) is 4.86 Å². The molecule has 2 aromatic carbocycles. The Balaban J connectivity index is 2.45. The standard InChI is InChI=1S/C15H20N3O4P3/c1-20-24(19)16-23(14-10-6-4-7-11-14,15-12-8-5-9-13-15)17-25(18-24,21-2)22-3/h4-13H,1-3H3,(H,18,19). The van der Waals surface area contributed by atoms with Gasteiger partial charge in [0.1, 0.15) is 7.21 Å². The number of rotatable bonds is 5. The van der Waals surface area contributed by atoms with Crippen molar-refractivity contribution in [3.63, 3.8) is 0 Å². The first-order chi connectivity index (χ1) is 12.0. The van der Waals surface area contributed by atoms with Crippen LogP contribution in [0.15, 0.2) is 69.7 Å². The molecule has 0 amide bonds. The van der Waals surface area contributed by atoms with E-state index in [0.29, 0.717) is 0 Å². The van der Waals surface area contributed by atoms with Gasteiger partial charge in [-0.25, -0.2) is 4.57 Å². The fourth-order valence-corrected chi connectivity index (χ4v) is 13.1. The fraction of sp³-hybridized carbons (Fsp3) is 0.200. The molecule has 1 heterocycles. The molecule has 0 saturated carbocycles. The summed E-state index contributed by atoms with van der Waals surface area (Å²) in [5, 5.41) is 1.72. The van der Waals surface area contributed by atoms with Crippen molar-refractivity contribution >= 4 is 33.1 Å². The highest BCUT2D eigenvalue weighted by atomic mass is 31.3. The Morgan fingerprint density at radius 2 is 1.24 bits per heavy atom. The van der Waals surface area contributed by atoms with Gasteiger partial charge in [0.15, 0.2) is 0 Å². The van der Waals surface area contributed by atoms with E-state index < -0.39 is 22.5 Å². The Labute approximate surface area is 147 Å². The van der Waals surface area contributed by atoms with Crippen LogP contribution in [0.2, 0.25) is 0 Å². The average molecular weight is 399 g/mol. The van der Waals surface area contributed by atoms with Gasteiger partial charge in [0.2, 0.25) is 0 Å². The summed E-state index contributed by atoms with van der Waals surface area (Å²) in [5.41, 5.74) is 0. The minimum atomic E-state index is -3.57. The molecule has 2 aromatic rings. The molecule has 0 bridgehead atoms. The Kier molecular flexibility index (Phi) is 5.48. The van der Waals surface area contributed by atoms with Gasteiger partial charge in [-0.1, -0.05) is 60.7 Å². The van der Waals surface area contributed by atoms with Gasteiger partial charge in [0.25, 0.3) is 0 Å². The van der Waals surface area contributed by atoms with Crippen molar-refractivity contribution < 1.29 is 18.1 Å². The normalized spacial score (nSPS) is 24.1. The Hall–Kier alpha value is -1.03. The third-order valence-electron chi connectivity index (χ3n) is 3.72. The molecule has 0 fully saturated rings. The van der Waals surface area contributed by atoms with E-state index in [-0.39, 0.29) is 0 Å². The van der Waals surface area contributed by atoms with Crippen LogP contribution in [0.25, 0.3) is 0 Å². The second-order valence-electron chi connectivity index (χ2n) is 5.14. The summed E-state index contributed by atoms with van der Waals surface area (Å²) in [6.45, 7) is 0. The molecule has 1 aliphatic rings. The second kappa shape index (κ2) is 7.30. The van der Waals surface area contributed by atoms with Gasteiger partial charge in [-0.3, -0.25) is 0 Å². The molecule has 0 aliphatic carbocycles. The lowest BCUT2D eigenvalue weighted by Crippen LogP contribution is -2.21. The number of hydrogen-bond donors (Lipinski definition) is 1. The second-order valence-corrected chi connectivity index (χ2v) is 12.8. The van der Waals surface area contributed by atoms with Crippen molar-refractivity contribution in [1.82, 2.24) is 4.86 Å². The van der Waals surface area contributed by atoms with Crippen molar-refractivity contribution in [3.8, 4) is 0 Å². The van der Waals surface area contributed by atoms with Crippen LogP contribution in [0.3, 0.4) is 0 Å². The van der Waals surface area contributed by atoms with Crippen LogP contribution < -0.4 is 15.5 Å². The zero-order valence-corrected chi connectivity index (χ0v) is 16.8. The first-order valence-electron chi connectivity index (χ1n) is 7.47. The zero-order valence-electron chi connectivity index (χ0n) is 14.1. The molecule has 134 valence electrons. The minimum absolute atomic E-state index is 0.860. The molecular weight excluding hydrogens is 379 g/mol. The van der Waals surface area contributed by atoms with Gasteiger partial charge in [-0.05, 0) is 0 Å². The van der Waals surface area contributed by atoms with E-state index >= 15 is 0 Å². The van der Waals surface area contributed by atoms with E-state index in [4.69, 9.17) is 18.1 Å². The minimum Gasteiger partial charge on any atom is -0.315 e. The van der Waals surface area contributed by atoms with Crippen molar-refractivity contribution in [1.29, 1.82) is 0 Å². The molecule has 7 nitrogen and oxygen atoms in total. The van der Waals surface area contributed by atoms with Crippen LogP contribution in [-0.2, 0) is 18.1 Å². The molecule has 1 atom stereocenters. The van der Waals surface area contributed by atoms with Crippen LogP contribution in [0.4, 0.5) is 0 Å². The van der Waals surface area contributed by atoms with Gasteiger partial charge in [0.05, 0.1) is 0 Å². The Bertz CT molecular complexity index is 851. The van der Waals surface area contributed by atoms with Crippen LogP contribution in [0, 0.1) is 0 Å². The summed E-state index contributed by atoms with van der Waals surface area (Å²) in [5.74, 6) is 0. The van der Waals surface area contributed by atoms with E-state index in [2.05, 4.69) is 9.37 Å². The lowest BCUT2D eigenvalue weighted by Gasteiger charge is -2.34. The zero-order chi connectivity index (χ0) is 18.0. The molecule has 10 heteroatoms. The van der Waals surface area contributed by atoms with Crippen molar-refractivity contribution in [3.05, 3.63) is 60.7 Å². The van der Waals surface area contributed by atoms with Crippen LogP contribution in [0.5, 0.6) is 0 Å². The summed E-state index contributed by atoms with van der Waals surface area (Å²) in [6, 6.07) is 19.2. The topological polar surface area (TPSA) is 81.5 Å². The SMILES string of the molecule is COP1(=O)N=P(c2ccccc2)(c2ccccc2)N=P(OC)(OC)N1. The number of hydrogen-bond acceptors (Lipinski definition) is 5. The largest absolute Gasteiger partial charge is 0.395 e. The predicted octanol–water partition coefficient (Wildman–Crippen LogP) is 4.35. The quantitative estimate of drug-likeness (QED) is 0.756. The highest BCUT2D eigenvalue weighted by Crippen LogP contribution is 2.74. The van der Waals surface area contributed by atoms with E-state index in [1.807, 2.05) is 60.7 Å². The first-order valence-corrected chi connectivity index (χ1v) is 12.3. The number of benzene rings is 2. The molecule has 0 spiro atoms. The Morgan fingerprint density at radius 3 is 1.64 bits per heavy atom. The molecule has 25 heavy (non-hydrogen) atoms. The van der Waals surface area contributed by atoms with Crippen LogP contribution >= 0.6 is 22.5 Å². The summed E-state index contributed by atoms with van der Waals surface area (Å²) >= 11 is 0. The smallest absolute Gasteiger partial charge is 0.315 e. The summed E-state index contributed by atoms with van der Waals surface area (Å²) < 4.78 is 39.1. The maximum Gasteiger partial charge on any atom is 0.395 e.